The van der Waals surface area contributed by atoms with Crippen molar-refractivity contribution in [1.82, 2.24) is 0 Å². The summed E-state index contributed by atoms with van der Waals surface area (Å²) in [5, 5.41) is 0. The van der Waals surface area contributed by atoms with E-state index in [-0.39, 0.29) is 37.3 Å². The molecule has 1 heteroatoms. The van der Waals surface area contributed by atoms with Gasteiger partial charge in [0, 0.05) is 0 Å². The fourth-order valence-electron chi connectivity index (χ4n) is 3.49. The summed E-state index contributed by atoms with van der Waals surface area (Å²) in [6, 6.07) is 17.0. The molecule has 30 heavy (non-hydrogen) atoms. The molecule has 2 rings (SSSR count). The summed E-state index contributed by atoms with van der Waals surface area (Å²) in [4.78, 5) is 0. The van der Waals surface area contributed by atoms with Crippen molar-refractivity contribution in [3.05, 3.63) is 69.8 Å². The summed E-state index contributed by atoms with van der Waals surface area (Å²) in [5.41, 5.74) is 7.99. The van der Waals surface area contributed by atoms with Crippen LogP contribution in [-0.2, 0) is 37.3 Å². The second-order valence-electron chi connectivity index (χ2n) is 11.9. The van der Waals surface area contributed by atoms with E-state index in [0.29, 0.717) is 11.8 Å². The number of hydrogen-bond donors (Lipinski definition) is 0. The van der Waals surface area contributed by atoms with Gasteiger partial charge in [-0.25, -0.2) is 0 Å². The van der Waals surface area contributed by atoms with Gasteiger partial charge in [-0.3, -0.25) is 0 Å². The Morgan fingerprint density at radius 1 is 0.567 bits per heavy atom. The minimum Gasteiger partial charge on any atom is -0.176 e. The third-order valence-corrected chi connectivity index (χ3v) is 6.10. The summed E-state index contributed by atoms with van der Waals surface area (Å²) in [6.07, 6.45) is 0. The number of benzene rings is 2. The second kappa shape index (κ2) is 9.32. The Labute approximate surface area is 201 Å². The molecule has 0 N–H and O–H groups in total. The van der Waals surface area contributed by atoms with Crippen LogP contribution in [0.25, 0.3) is 0 Å². The second-order valence-corrected chi connectivity index (χ2v) is 11.9. The largest absolute Gasteiger partial charge is 2.00 e. The summed E-state index contributed by atoms with van der Waals surface area (Å²) >= 11 is 0. The first-order valence-corrected chi connectivity index (χ1v) is 11.2. The Bertz CT molecular complexity index is 783. The molecule has 0 heterocycles. The smallest absolute Gasteiger partial charge is 0.176 e. The average molecular weight is 574 g/mol. The molecule has 2 aromatic carbocycles. The van der Waals surface area contributed by atoms with Crippen molar-refractivity contribution in [2.45, 2.75) is 111 Å². The Morgan fingerprint density at radius 2 is 0.867 bits per heavy atom. The van der Waals surface area contributed by atoms with Crippen LogP contribution in [0.1, 0.15) is 128 Å². The summed E-state index contributed by atoms with van der Waals surface area (Å²) in [5.74, 6) is 0.922. The van der Waals surface area contributed by atoms with Gasteiger partial charge >= 0.3 is 21.1 Å². The van der Waals surface area contributed by atoms with Gasteiger partial charge in [-0.2, -0.15) is 69.8 Å². The fraction of sp³-hybridized carbons (Fsp3) is 0.586. The summed E-state index contributed by atoms with van der Waals surface area (Å²) in [7, 11) is 0. The van der Waals surface area contributed by atoms with Gasteiger partial charge in [-0.1, -0.05) is 83.1 Å². The summed E-state index contributed by atoms with van der Waals surface area (Å²) in [6.45, 7) is 27.5. The van der Waals surface area contributed by atoms with Crippen molar-refractivity contribution >= 4 is 0 Å². The standard InChI is InChI=1S/C29H42.W/c1-19(2)21-13-23(27(5,6)7)17-25(15-21)29(11,12)26-16-22(20(3)4)14-24(18-26)28(8,9)10;/h13-14,17-20H,1-12H3;/q-2;+2. The van der Waals surface area contributed by atoms with Gasteiger partial charge in [0.05, 0.1) is 0 Å². The Kier molecular flexibility index (Phi) is 8.44. The third-order valence-electron chi connectivity index (χ3n) is 6.10. The molecule has 0 radical (unpaired) electrons. The Balaban J connectivity index is 0.00000450. The van der Waals surface area contributed by atoms with E-state index < -0.39 is 0 Å². The zero-order chi connectivity index (χ0) is 22.4. The molecule has 0 spiro atoms. The summed E-state index contributed by atoms with van der Waals surface area (Å²) < 4.78 is 0. The maximum atomic E-state index is 3.78. The van der Waals surface area contributed by atoms with Crippen molar-refractivity contribution in [3.8, 4) is 0 Å². The van der Waals surface area contributed by atoms with E-state index in [4.69, 9.17) is 0 Å². The maximum Gasteiger partial charge on any atom is 2.00 e. The van der Waals surface area contributed by atoms with Crippen molar-refractivity contribution in [2.75, 3.05) is 0 Å². The van der Waals surface area contributed by atoms with E-state index in [1.54, 1.807) is 0 Å². The normalized spacial score (nSPS) is 13.0. The molecule has 2 aromatic rings. The quantitative estimate of drug-likeness (QED) is 0.322. The first kappa shape index (κ1) is 27.2. The Morgan fingerprint density at radius 3 is 1.10 bits per heavy atom. The zero-order valence-electron chi connectivity index (χ0n) is 21.4. The molecule has 0 saturated carbocycles. The molecular weight excluding hydrogens is 532 g/mol. The molecular formula is C29H42W. The fourth-order valence-corrected chi connectivity index (χ4v) is 3.49. The number of rotatable bonds is 4. The first-order valence-electron chi connectivity index (χ1n) is 11.2. The van der Waals surface area contributed by atoms with E-state index in [1.165, 1.54) is 33.4 Å². The predicted molar refractivity (Wildman–Crippen MR) is 128 cm³/mol. The van der Waals surface area contributed by atoms with Gasteiger partial charge < -0.3 is 0 Å². The molecule has 0 aliphatic rings. The van der Waals surface area contributed by atoms with Crippen LogP contribution in [0, 0.1) is 12.1 Å². The van der Waals surface area contributed by atoms with Crippen molar-refractivity contribution < 1.29 is 21.1 Å². The van der Waals surface area contributed by atoms with E-state index in [2.05, 4.69) is 119 Å². The van der Waals surface area contributed by atoms with Gasteiger partial charge in [0.2, 0.25) is 0 Å². The molecule has 0 nitrogen and oxygen atoms in total. The van der Waals surface area contributed by atoms with Crippen molar-refractivity contribution in [2.24, 2.45) is 0 Å². The zero-order valence-corrected chi connectivity index (χ0v) is 24.3. The SMILES string of the molecule is CC(C)c1[c-]c(C(C)(C)c2[c-]c(C(C)C)cc(C(C)(C)C)c2)cc(C(C)(C)C)c1.[W+2]. The van der Waals surface area contributed by atoms with Crippen LogP contribution in [0.5, 0.6) is 0 Å². The van der Waals surface area contributed by atoms with E-state index in [1.807, 2.05) is 0 Å². The van der Waals surface area contributed by atoms with Gasteiger partial charge in [0.1, 0.15) is 0 Å². The van der Waals surface area contributed by atoms with E-state index in [9.17, 15) is 0 Å². The van der Waals surface area contributed by atoms with Crippen LogP contribution in [0.2, 0.25) is 0 Å². The number of hydrogen-bond acceptors (Lipinski definition) is 0. The van der Waals surface area contributed by atoms with E-state index in [0.717, 1.165) is 0 Å². The van der Waals surface area contributed by atoms with Crippen LogP contribution in [-0.4, -0.2) is 0 Å². The van der Waals surface area contributed by atoms with Gasteiger partial charge in [0.25, 0.3) is 0 Å². The van der Waals surface area contributed by atoms with Crippen molar-refractivity contribution in [1.29, 1.82) is 0 Å². The maximum absolute atomic E-state index is 3.78. The molecule has 0 saturated heterocycles. The molecule has 164 valence electrons. The molecule has 0 aromatic heterocycles. The molecule has 0 fully saturated rings. The minimum atomic E-state index is -0.157. The van der Waals surface area contributed by atoms with Crippen LogP contribution in [0.15, 0.2) is 24.3 Å². The van der Waals surface area contributed by atoms with Crippen LogP contribution < -0.4 is 0 Å². The first-order chi connectivity index (χ1) is 13.0. The average Bonchev–Trinajstić information content (AvgIpc) is 2.59. The monoisotopic (exact) mass is 574 g/mol. The Hall–Kier alpha value is -0.872. The molecule has 0 atom stereocenters. The molecule has 0 aliphatic heterocycles. The molecule has 0 amide bonds. The molecule has 0 bridgehead atoms. The molecule has 0 unspecified atom stereocenters. The van der Waals surface area contributed by atoms with Crippen molar-refractivity contribution in [3.63, 3.8) is 0 Å². The van der Waals surface area contributed by atoms with Gasteiger partial charge in [0.15, 0.2) is 0 Å². The molecule has 0 aliphatic carbocycles. The van der Waals surface area contributed by atoms with Crippen LogP contribution in [0.4, 0.5) is 0 Å². The van der Waals surface area contributed by atoms with E-state index >= 15 is 0 Å². The van der Waals surface area contributed by atoms with Crippen LogP contribution >= 0.6 is 0 Å². The van der Waals surface area contributed by atoms with Gasteiger partial charge in [-0.15, -0.1) is 0 Å². The van der Waals surface area contributed by atoms with Gasteiger partial charge in [-0.05, 0) is 28.1 Å². The predicted octanol–water partition coefficient (Wildman–Crippen LogP) is 8.45. The minimum absolute atomic E-state index is 0. The third kappa shape index (κ3) is 6.09. The topological polar surface area (TPSA) is 0 Å². The van der Waals surface area contributed by atoms with Crippen LogP contribution in [0.3, 0.4) is 0 Å².